The molecule has 0 radical (unpaired) electrons. The monoisotopic (exact) mass is 529 g/mol. The number of hydrogen-bond acceptors (Lipinski definition) is 5. The summed E-state index contributed by atoms with van der Waals surface area (Å²) in [5, 5.41) is 16.0. The summed E-state index contributed by atoms with van der Waals surface area (Å²) in [5.74, 6) is 0.996. The van der Waals surface area contributed by atoms with Crippen LogP contribution < -0.4 is 21.3 Å². The van der Waals surface area contributed by atoms with E-state index in [0.717, 1.165) is 56.3 Å². The van der Waals surface area contributed by atoms with Gasteiger partial charge in [-0.25, -0.2) is 4.79 Å². The van der Waals surface area contributed by atoms with E-state index in [1.54, 1.807) is 12.1 Å². The molecule has 1 aromatic rings. The molecule has 0 spiro atoms. The van der Waals surface area contributed by atoms with E-state index in [1.807, 2.05) is 30.8 Å². The topological polar surface area (TPSA) is 148 Å². The van der Waals surface area contributed by atoms with E-state index >= 15 is 0 Å². The van der Waals surface area contributed by atoms with E-state index in [1.165, 1.54) is 0 Å². The molecule has 4 atom stereocenters. The molecule has 202 valence electrons. The second kappa shape index (κ2) is 15.4. The quantitative estimate of drug-likeness (QED) is 0.0829. The normalized spacial score (nSPS) is 20.8. The average molecular weight is 530 g/mol. The van der Waals surface area contributed by atoms with E-state index < -0.39 is 0 Å². The van der Waals surface area contributed by atoms with Crippen molar-refractivity contribution in [3.05, 3.63) is 40.3 Å². The first kappa shape index (κ1) is 28.7. The first-order chi connectivity index (χ1) is 18.0. The van der Waals surface area contributed by atoms with Crippen LogP contribution in [0.3, 0.4) is 0 Å². The Bertz CT molecular complexity index is 952. The van der Waals surface area contributed by atoms with Crippen molar-refractivity contribution in [2.75, 3.05) is 18.8 Å². The molecule has 2 fully saturated rings. The van der Waals surface area contributed by atoms with Crippen molar-refractivity contribution in [1.29, 1.82) is 0 Å². The summed E-state index contributed by atoms with van der Waals surface area (Å²) in [6.45, 7) is 3.27. The largest absolute Gasteiger partial charge is 0.356 e. The summed E-state index contributed by atoms with van der Waals surface area (Å²) < 4.78 is 0. The van der Waals surface area contributed by atoms with Crippen molar-refractivity contribution in [1.82, 2.24) is 21.3 Å². The Kier molecular flexibility index (Phi) is 11.9. The van der Waals surface area contributed by atoms with Gasteiger partial charge in [0.15, 0.2) is 0 Å². The maximum atomic E-state index is 12.3. The van der Waals surface area contributed by atoms with E-state index in [0.29, 0.717) is 36.9 Å². The summed E-state index contributed by atoms with van der Waals surface area (Å²) in [6.07, 6.45) is 7.99. The van der Waals surface area contributed by atoms with Gasteiger partial charge >= 0.3 is 6.03 Å². The Hall–Kier alpha value is -2.91. The third-order valence-corrected chi connectivity index (χ3v) is 8.40. The Balaban J connectivity index is 1.13. The Morgan fingerprint density at radius 2 is 1.81 bits per heavy atom. The molecule has 4 amide bonds. The van der Waals surface area contributed by atoms with Crippen LogP contribution in [0.4, 0.5) is 10.5 Å². The molecule has 0 bridgehead atoms. The molecule has 2 aliphatic heterocycles. The lowest BCUT2D eigenvalue weighted by Gasteiger charge is -2.16. The van der Waals surface area contributed by atoms with Gasteiger partial charge in [-0.15, -0.1) is 0 Å². The third kappa shape index (κ3) is 9.81. The number of azide groups is 1. The van der Waals surface area contributed by atoms with Gasteiger partial charge in [-0.1, -0.05) is 55.6 Å². The summed E-state index contributed by atoms with van der Waals surface area (Å²) in [5.41, 5.74) is 10.1. The van der Waals surface area contributed by atoms with Crippen molar-refractivity contribution in [2.45, 2.75) is 82.0 Å². The fourth-order valence-electron chi connectivity index (χ4n) is 4.78. The highest BCUT2D eigenvalue weighted by atomic mass is 32.2. The number of carbonyl (C=O) groups is 3. The Morgan fingerprint density at radius 3 is 2.54 bits per heavy atom. The molecule has 11 heteroatoms. The van der Waals surface area contributed by atoms with Crippen LogP contribution in [-0.2, 0) is 16.0 Å². The van der Waals surface area contributed by atoms with Crippen LogP contribution in [0.25, 0.3) is 10.4 Å². The van der Waals surface area contributed by atoms with Gasteiger partial charge in [-0.2, -0.15) is 11.8 Å². The lowest BCUT2D eigenvalue weighted by Crippen LogP contribution is -2.36. The van der Waals surface area contributed by atoms with Crippen molar-refractivity contribution in [2.24, 2.45) is 11.0 Å². The highest BCUT2D eigenvalue weighted by molar-refractivity contribution is 8.00. The van der Waals surface area contributed by atoms with Crippen molar-refractivity contribution >= 4 is 35.3 Å². The highest BCUT2D eigenvalue weighted by Gasteiger charge is 2.42. The average Bonchev–Trinajstić information content (AvgIpc) is 3.43. The van der Waals surface area contributed by atoms with E-state index in [4.69, 9.17) is 5.53 Å². The number of unbranched alkanes of at least 4 members (excludes halogenated alkanes) is 4. The smallest absolute Gasteiger partial charge is 0.315 e. The summed E-state index contributed by atoms with van der Waals surface area (Å²) in [4.78, 5) is 38.6. The number of carbonyl (C=O) groups excluding carboxylic acids is 3. The van der Waals surface area contributed by atoms with Gasteiger partial charge < -0.3 is 21.3 Å². The zero-order valence-corrected chi connectivity index (χ0v) is 22.4. The molecule has 2 aliphatic rings. The standard InChI is InChI=1S/C26H39N7O3S/c1-18(16-19-10-12-20(13-11-19)32-33-27)25(35)29-15-7-3-2-6-14-28-23(34)9-5-4-8-22-24-21(17-37-22)30-26(36)31-24/h10-13,18,21-22,24H,2-9,14-17H2,1H3,(H,28,34)(H,29,35)(H2,30,31,36)/t18-,21?,22?,24?/m0/s1. The molecule has 3 unspecified atom stereocenters. The van der Waals surface area contributed by atoms with Crippen LogP contribution in [0, 0.1) is 5.92 Å². The van der Waals surface area contributed by atoms with E-state index in [2.05, 4.69) is 31.3 Å². The van der Waals surface area contributed by atoms with Crippen LogP contribution in [-0.4, -0.2) is 54.0 Å². The molecule has 0 aromatic heterocycles. The van der Waals surface area contributed by atoms with Gasteiger partial charge in [0, 0.05) is 47.0 Å². The predicted octanol–water partition coefficient (Wildman–Crippen LogP) is 4.33. The zero-order valence-electron chi connectivity index (χ0n) is 21.6. The van der Waals surface area contributed by atoms with Gasteiger partial charge in [0.25, 0.3) is 0 Å². The fourth-order valence-corrected chi connectivity index (χ4v) is 6.32. The number of rotatable bonds is 16. The van der Waals surface area contributed by atoms with Crippen molar-refractivity contribution < 1.29 is 14.4 Å². The summed E-state index contributed by atoms with van der Waals surface area (Å²) >= 11 is 1.91. The molecule has 2 heterocycles. The molecular weight excluding hydrogens is 490 g/mol. The number of nitrogens with one attached hydrogen (secondary N) is 4. The number of benzene rings is 1. The minimum atomic E-state index is -0.130. The zero-order chi connectivity index (χ0) is 26.5. The van der Waals surface area contributed by atoms with Crippen LogP contribution >= 0.6 is 11.8 Å². The molecule has 0 saturated carbocycles. The van der Waals surface area contributed by atoms with Crippen LogP contribution in [0.5, 0.6) is 0 Å². The SMILES string of the molecule is C[C@@H](Cc1ccc(N=[N+]=[N-])cc1)C(=O)NCCCCCCNC(=O)CCCCC1SCC2NC(=O)NC21. The molecule has 3 rings (SSSR count). The second-order valence-electron chi connectivity index (χ2n) is 9.88. The van der Waals surface area contributed by atoms with Gasteiger partial charge in [-0.05, 0) is 43.2 Å². The first-order valence-corrected chi connectivity index (χ1v) is 14.4. The minimum absolute atomic E-state index is 0.0439. The van der Waals surface area contributed by atoms with Gasteiger partial charge in [0.1, 0.15) is 0 Å². The third-order valence-electron chi connectivity index (χ3n) is 6.89. The summed E-state index contributed by atoms with van der Waals surface area (Å²) in [6, 6.07) is 7.71. The number of fused-ring (bicyclic) bond motifs is 1. The Labute approximate surface area is 223 Å². The highest BCUT2D eigenvalue weighted by Crippen LogP contribution is 2.33. The lowest BCUT2D eigenvalue weighted by molar-refractivity contribution is -0.124. The van der Waals surface area contributed by atoms with Crippen molar-refractivity contribution in [3.8, 4) is 0 Å². The molecule has 1 aromatic carbocycles. The van der Waals surface area contributed by atoms with Crippen LogP contribution in [0.15, 0.2) is 29.4 Å². The van der Waals surface area contributed by atoms with Crippen LogP contribution in [0.1, 0.15) is 63.9 Å². The molecule has 4 N–H and O–H groups in total. The number of nitrogens with zero attached hydrogens (tertiary/aromatic N) is 3. The minimum Gasteiger partial charge on any atom is -0.356 e. The molecular formula is C26H39N7O3S. The van der Waals surface area contributed by atoms with Gasteiger partial charge in [-0.3, -0.25) is 9.59 Å². The maximum Gasteiger partial charge on any atom is 0.315 e. The fraction of sp³-hybridized carbons (Fsp3) is 0.654. The van der Waals surface area contributed by atoms with Gasteiger partial charge in [0.05, 0.1) is 12.1 Å². The Morgan fingerprint density at radius 1 is 1.08 bits per heavy atom. The predicted molar refractivity (Wildman–Crippen MR) is 147 cm³/mol. The van der Waals surface area contributed by atoms with E-state index in [9.17, 15) is 14.4 Å². The van der Waals surface area contributed by atoms with Crippen molar-refractivity contribution in [3.63, 3.8) is 0 Å². The number of amides is 4. The summed E-state index contributed by atoms with van der Waals surface area (Å²) in [7, 11) is 0. The molecule has 10 nitrogen and oxygen atoms in total. The number of urea groups is 1. The first-order valence-electron chi connectivity index (χ1n) is 13.3. The van der Waals surface area contributed by atoms with Gasteiger partial charge in [0.2, 0.25) is 11.8 Å². The molecule has 0 aliphatic carbocycles. The molecule has 2 saturated heterocycles. The second-order valence-corrected chi connectivity index (χ2v) is 11.2. The van der Waals surface area contributed by atoms with E-state index in [-0.39, 0.29) is 35.8 Å². The lowest BCUT2D eigenvalue weighted by atomic mass is 10.00. The molecule has 37 heavy (non-hydrogen) atoms. The van der Waals surface area contributed by atoms with Crippen LogP contribution in [0.2, 0.25) is 0 Å². The number of hydrogen-bond donors (Lipinski definition) is 4. The maximum absolute atomic E-state index is 12.3. The number of thioether (sulfide) groups is 1.